The minimum Gasteiger partial charge on any atom is -0.481 e. The Hall–Kier alpha value is -1.15. The number of aliphatic carboxylic acids is 1. The van der Waals surface area contributed by atoms with Crippen molar-refractivity contribution in [2.24, 2.45) is 5.92 Å². The zero-order valence-electron chi connectivity index (χ0n) is 11.8. The Labute approximate surface area is 119 Å². The van der Waals surface area contributed by atoms with Crippen molar-refractivity contribution in [1.29, 1.82) is 0 Å². The molecule has 1 fully saturated rings. The Morgan fingerprint density at radius 2 is 2.10 bits per heavy atom. The molecule has 7 nitrogen and oxygen atoms in total. The lowest BCUT2D eigenvalue weighted by atomic mass is 9.98. The summed E-state index contributed by atoms with van der Waals surface area (Å²) in [5.74, 6) is -1.87. The molecule has 1 amide bonds. The second-order valence-electron chi connectivity index (χ2n) is 5.12. The van der Waals surface area contributed by atoms with Gasteiger partial charge in [0.15, 0.2) is 0 Å². The normalized spacial score (nSPS) is 21.5. The number of nitrogens with zero attached hydrogens (tertiary/aromatic N) is 1. The van der Waals surface area contributed by atoms with E-state index in [1.807, 2.05) is 0 Å². The Bertz CT molecular complexity index is 462. The highest BCUT2D eigenvalue weighted by molar-refractivity contribution is 7.89. The third-order valence-corrected chi connectivity index (χ3v) is 4.94. The lowest BCUT2D eigenvalue weighted by molar-refractivity contribution is -0.146. The minimum atomic E-state index is -3.46. The summed E-state index contributed by atoms with van der Waals surface area (Å²) in [6.07, 6.45) is 1.65. The number of likely N-dealkylation sites (tertiary alicyclic amines) is 1. The molecule has 2 atom stereocenters. The van der Waals surface area contributed by atoms with Gasteiger partial charge in [0, 0.05) is 13.1 Å². The molecule has 116 valence electrons. The van der Waals surface area contributed by atoms with Gasteiger partial charge in [-0.15, -0.1) is 0 Å². The minimum absolute atomic E-state index is 0.0254. The molecular formula is C12H22N2O5S. The summed E-state index contributed by atoms with van der Waals surface area (Å²) >= 11 is 0. The van der Waals surface area contributed by atoms with E-state index in [1.54, 1.807) is 6.92 Å². The van der Waals surface area contributed by atoms with Crippen molar-refractivity contribution in [3.63, 3.8) is 0 Å². The molecule has 8 heteroatoms. The van der Waals surface area contributed by atoms with Gasteiger partial charge in [-0.25, -0.2) is 13.1 Å². The fourth-order valence-electron chi connectivity index (χ4n) is 2.30. The quantitative estimate of drug-likeness (QED) is 0.720. The van der Waals surface area contributed by atoms with Crippen molar-refractivity contribution in [3.05, 3.63) is 0 Å². The number of carbonyl (C=O) groups excluding carboxylic acids is 1. The molecule has 0 aromatic carbocycles. The predicted molar refractivity (Wildman–Crippen MR) is 73.6 cm³/mol. The number of hydrogen-bond donors (Lipinski definition) is 2. The molecule has 2 N–H and O–H groups in total. The second-order valence-corrected chi connectivity index (χ2v) is 6.99. The van der Waals surface area contributed by atoms with Gasteiger partial charge in [0.1, 0.15) is 0 Å². The molecule has 0 spiro atoms. The predicted octanol–water partition coefficient (Wildman–Crippen LogP) is 0.0275. The molecule has 0 radical (unpaired) electrons. The van der Waals surface area contributed by atoms with Crippen LogP contribution in [0.3, 0.4) is 0 Å². The number of nitrogens with one attached hydrogen (secondary N) is 1. The van der Waals surface area contributed by atoms with Gasteiger partial charge in [0.05, 0.1) is 17.7 Å². The number of rotatable bonds is 6. The van der Waals surface area contributed by atoms with Crippen molar-refractivity contribution in [3.8, 4) is 0 Å². The van der Waals surface area contributed by atoms with Crippen LogP contribution in [-0.2, 0) is 19.6 Å². The first kappa shape index (κ1) is 16.9. The first-order chi connectivity index (χ1) is 9.26. The van der Waals surface area contributed by atoms with E-state index in [-0.39, 0.29) is 18.2 Å². The van der Waals surface area contributed by atoms with E-state index in [0.717, 1.165) is 0 Å². The molecule has 1 aliphatic heterocycles. The molecule has 1 aliphatic rings. The highest BCUT2D eigenvalue weighted by atomic mass is 32.2. The third-order valence-electron chi connectivity index (χ3n) is 3.28. The van der Waals surface area contributed by atoms with Gasteiger partial charge >= 0.3 is 5.97 Å². The number of piperidine rings is 1. The highest BCUT2D eigenvalue weighted by Crippen LogP contribution is 2.17. The maximum absolute atomic E-state index is 12.2. The Morgan fingerprint density at radius 3 is 2.65 bits per heavy atom. The molecule has 0 bridgehead atoms. The van der Waals surface area contributed by atoms with Gasteiger partial charge in [-0.2, -0.15) is 0 Å². The van der Waals surface area contributed by atoms with Crippen molar-refractivity contribution in [2.75, 3.05) is 18.8 Å². The van der Waals surface area contributed by atoms with Crippen molar-refractivity contribution < 1.29 is 23.1 Å². The maximum Gasteiger partial charge on any atom is 0.308 e. The molecule has 0 aromatic rings. The molecule has 20 heavy (non-hydrogen) atoms. The van der Waals surface area contributed by atoms with Gasteiger partial charge in [-0.05, 0) is 26.2 Å². The van der Waals surface area contributed by atoms with Crippen LogP contribution in [0.15, 0.2) is 0 Å². The number of carboxylic acid groups (broad SMARTS) is 1. The van der Waals surface area contributed by atoms with Crippen LogP contribution in [-0.4, -0.2) is 55.2 Å². The summed E-state index contributed by atoms with van der Waals surface area (Å²) in [5.41, 5.74) is 0. The summed E-state index contributed by atoms with van der Waals surface area (Å²) in [5, 5.41) is 8.98. The van der Waals surface area contributed by atoms with Gasteiger partial charge in [-0.3, -0.25) is 9.59 Å². The van der Waals surface area contributed by atoms with Gasteiger partial charge in [0.25, 0.3) is 0 Å². The highest BCUT2D eigenvalue weighted by Gasteiger charge is 2.31. The molecule has 1 unspecified atom stereocenters. The standard InChI is InChI=1S/C12H22N2O5S/c1-3-7-20(18,19)13-9(2)11(15)14-6-4-5-10(8-14)12(16)17/h9-10,13H,3-8H2,1-2H3,(H,16,17)/t9?,10-/m0/s1. The summed E-state index contributed by atoms with van der Waals surface area (Å²) in [4.78, 5) is 24.5. The summed E-state index contributed by atoms with van der Waals surface area (Å²) in [6.45, 7) is 3.85. The Balaban J connectivity index is 2.62. The van der Waals surface area contributed by atoms with Crippen LogP contribution in [0, 0.1) is 5.92 Å². The first-order valence-corrected chi connectivity index (χ1v) is 8.43. The molecule has 0 saturated carbocycles. The van der Waals surface area contributed by atoms with Crippen LogP contribution in [0.4, 0.5) is 0 Å². The first-order valence-electron chi connectivity index (χ1n) is 6.78. The summed E-state index contributed by atoms with van der Waals surface area (Å²) in [7, 11) is -3.46. The topological polar surface area (TPSA) is 104 Å². The largest absolute Gasteiger partial charge is 0.481 e. The van der Waals surface area contributed by atoms with E-state index in [2.05, 4.69) is 4.72 Å². The van der Waals surface area contributed by atoms with E-state index in [4.69, 9.17) is 5.11 Å². The van der Waals surface area contributed by atoms with Crippen LogP contribution >= 0.6 is 0 Å². The van der Waals surface area contributed by atoms with E-state index >= 15 is 0 Å². The van der Waals surface area contributed by atoms with Gasteiger partial charge in [0.2, 0.25) is 15.9 Å². The van der Waals surface area contributed by atoms with Gasteiger partial charge < -0.3 is 10.0 Å². The van der Waals surface area contributed by atoms with Crippen molar-refractivity contribution in [2.45, 2.75) is 39.2 Å². The summed E-state index contributed by atoms with van der Waals surface area (Å²) in [6, 6.07) is -0.862. The lowest BCUT2D eigenvalue weighted by Crippen LogP contribution is -2.51. The average molecular weight is 306 g/mol. The number of carbonyl (C=O) groups is 2. The average Bonchev–Trinajstić information content (AvgIpc) is 2.37. The van der Waals surface area contributed by atoms with E-state index < -0.39 is 28.0 Å². The molecule has 0 aliphatic carbocycles. The number of amides is 1. The third kappa shape index (κ3) is 4.75. The van der Waals surface area contributed by atoms with Crippen LogP contribution in [0.25, 0.3) is 0 Å². The fourth-order valence-corrected chi connectivity index (χ4v) is 3.59. The zero-order chi connectivity index (χ0) is 15.3. The van der Waals surface area contributed by atoms with Crippen LogP contribution in [0.5, 0.6) is 0 Å². The zero-order valence-corrected chi connectivity index (χ0v) is 12.6. The molecule has 0 aromatic heterocycles. The SMILES string of the molecule is CCCS(=O)(=O)NC(C)C(=O)N1CCC[C@H](C(=O)O)C1. The molecule has 1 heterocycles. The van der Waals surface area contributed by atoms with E-state index in [9.17, 15) is 18.0 Å². The Morgan fingerprint density at radius 1 is 1.45 bits per heavy atom. The van der Waals surface area contributed by atoms with Crippen LogP contribution < -0.4 is 4.72 Å². The van der Waals surface area contributed by atoms with E-state index in [0.29, 0.717) is 25.8 Å². The number of hydrogen-bond acceptors (Lipinski definition) is 4. The lowest BCUT2D eigenvalue weighted by Gasteiger charge is -2.32. The smallest absolute Gasteiger partial charge is 0.308 e. The second kappa shape index (κ2) is 7.03. The van der Waals surface area contributed by atoms with Gasteiger partial charge in [-0.1, -0.05) is 6.92 Å². The fraction of sp³-hybridized carbons (Fsp3) is 0.833. The number of sulfonamides is 1. The van der Waals surface area contributed by atoms with Crippen molar-refractivity contribution >= 4 is 21.9 Å². The van der Waals surface area contributed by atoms with Crippen LogP contribution in [0.1, 0.15) is 33.1 Å². The Kier molecular flexibility index (Phi) is 5.94. The maximum atomic E-state index is 12.2. The van der Waals surface area contributed by atoms with Crippen molar-refractivity contribution in [1.82, 2.24) is 9.62 Å². The molecule has 1 saturated heterocycles. The molecule has 1 rings (SSSR count). The number of carboxylic acids is 1. The van der Waals surface area contributed by atoms with Crippen LogP contribution in [0.2, 0.25) is 0 Å². The van der Waals surface area contributed by atoms with E-state index in [1.165, 1.54) is 11.8 Å². The molecular weight excluding hydrogens is 284 g/mol. The monoisotopic (exact) mass is 306 g/mol. The summed E-state index contributed by atoms with van der Waals surface area (Å²) < 4.78 is 25.6.